The number of carboxylic acid groups (broad SMARTS) is 1. The Hall–Kier alpha value is -9.46. The topological polar surface area (TPSA) is 464 Å². The molecule has 1 saturated heterocycles. The number of amides is 11. The number of likely N-dealkylation sites (tertiary alicyclic amines) is 1. The van der Waals surface area contributed by atoms with Gasteiger partial charge >= 0.3 is 5.97 Å². The average Bonchev–Trinajstić information content (AvgIpc) is 1.80. The number of H-pyrrole nitrogens is 1. The van der Waals surface area contributed by atoms with Crippen molar-refractivity contribution in [3.63, 3.8) is 0 Å². The normalized spacial score (nSPS) is 16.6. The molecule has 30 nitrogen and oxygen atoms in total. The number of carboxylic acids is 1. The Morgan fingerprint density at radius 1 is 0.543 bits per heavy atom. The van der Waals surface area contributed by atoms with Crippen molar-refractivity contribution in [2.45, 2.75) is 212 Å². The molecule has 0 bridgehead atoms. The van der Waals surface area contributed by atoms with E-state index in [0.29, 0.717) is 41.8 Å². The first-order valence-corrected chi connectivity index (χ1v) is 37.2. The van der Waals surface area contributed by atoms with Crippen LogP contribution in [0.25, 0.3) is 0 Å². The van der Waals surface area contributed by atoms with Gasteiger partial charge in [0.1, 0.15) is 72.2 Å². The number of hydrogen-bond acceptors (Lipinski definition) is 18. The van der Waals surface area contributed by atoms with E-state index < -0.39 is 162 Å². The number of nitrogens with one attached hydrogen (secondary N) is 11. The number of benzene rings is 3. The molecule has 1 fully saturated rings. The first-order valence-electron chi connectivity index (χ1n) is 35.8. The van der Waals surface area contributed by atoms with Gasteiger partial charge in [-0.15, -0.1) is 0 Å². The summed E-state index contributed by atoms with van der Waals surface area (Å²) in [5.41, 5.74) is 8.29. The highest BCUT2D eigenvalue weighted by Gasteiger charge is 2.42. The van der Waals surface area contributed by atoms with Crippen molar-refractivity contribution >= 4 is 82.7 Å². The number of aromatic nitrogens is 2. The minimum Gasteiger partial charge on any atom is -0.508 e. The minimum absolute atomic E-state index is 0.0467. The number of thioether (sulfide) groups is 1. The van der Waals surface area contributed by atoms with Crippen LogP contribution < -0.4 is 58.9 Å². The van der Waals surface area contributed by atoms with Crippen LogP contribution in [0.15, 0.2) is 97.5 Å². The lowest BCUT2D eigenvalue weighted by atomic mass is 9.97. The Morgan fingerprint density at radius 3 is 1.47 bits per heavy atom. The molecule has 105 heavy (non-hydrogen) atoms. The Bertz CT molecular complexity index is 3500. The van der Waals surface area contributed by atoms with E-state index in [1.165, 1.54) is 60.4 Å². The summed E-state index contributed by atoms with van der Waals surface area (Å²) in [6, 6.07) is 6.67. The van der Waals surface area contributed by atoms with Crippen molar-refractivity contribution in [2.75, 3.05) is 25.2 Å². The van der Waals surface area contributed by atoms with Gasteiger partial charge in [-0.2, -0.15) is 11.8 Å². The number of imidazole rings is 1. The third kappa shape index (κ3) is 28.2. The van der Waals surface area contributed by atoms with Crippen LogP contribution in [-0.2, 0) is 83.2 Å². The average molecular weight is 1480 g/mol. The molecule has 0 unspecified atom stereocenters. The third-order valence-electron chi connectivity index (χ3n) is 17.9. The summed E-state index contributed by atoms with van der Waals surface area (Å²) in [5, 5.41) is 68.3. The highest BCUT2D eigenvalue weighted by atomic mass is 32.2. The van der Waals surface area contributed by atoms with E-state index in [1.807, 2.05) is 32.0 Å². The molecule has 3 aromatic carbocycles. The van der Waals surface area contributed by atoms with Gasteiger partial charge in [0.05, 0.1) is 25.1 Å². The second-order valence-corrected chi connectivity index (χ2v) is 29.1. The fraction of sp³-hybridized carbons (Fsp3) is 0.554. The van der Waals surface area contributed by atoms with Gasteiger partial charge in [-0.3, -0.25) is 52.7 Å². The molecule has 0 radical (unpaired) electrons. The first-order chi connectivity index (χ1) is 49.8. The number of aromatic hydroxyl groups is 1. The van der Waals surface area contributed by atoms with Crippen LogP contribution in [0.4, 0.5) is 0 Å². The number of carbonyl (C=O) groups excluding carboxylic acids is 11. The molecule has 17 N–H and O–H groups in total. The van der Waals surface area contributed by atoms with Crippen molar-refractivity contribution in [3.8, 4) is 5.75 Å². The van der Waals surface area contributed by atoms with E-state index in [-0.39, 0.29) is 81.4 Å². The van der Waals surface area contributed by atoms with Crippen LogP contribution in [-0.4, -0.2) is 210 Å². The molecule has 576 valence electrons. The number of aliphatic hydroxyl groups is 2. The van der Waals surface area contributed by atoms with E-state index in [0.717, 1.165) is 5.56 Å². The predicted molar refractivity (Wildman–Crippen MR) is 394 cm³/mol. The SMILES string of the molecule is CC[C@H](C)[C@H](NC(=O)[C@H](CC(C)C)NC(=O)[C@@H](NC(=O)[C@H](Cc1ccccc1)NC(=O)[C@H](CC(C)C)NC(=O)[C@H](Cc1cnc[nH]1)NC(=O)[C@H](CO)NC(=O)[C@H](Cc1ccc(O)cc1)NC(=O)[C@H](CCSC)NC(=O)[C@@H]1CCCN1C(=O)[C@H](Cc1ccccc1)NC(=O)[C@@H](N)CC(C)C)[C@@H](C)O)C(=O)O. The fourth-order valence-corrected chi connectivity index (χ4v) is 12.5. The van der Waals surface area contributed by atoms with Gasteiger partial charge in [0, 0.05) is 44.1 Å². The summed E-state index contributed by atoms with van der Waals surface area (Å²) >= 11 is 1.37. The van der Waals surface area contributed by atoms with Crippen molar-refractivity contribution in [1.29, 1.82) is 0 Å². The van der Waals surface area contributed by atoms with Gasteiger partial charge in [-0.25, -0.2) is 9.78 Å². The van der Waals surface area contributed by atoms with Gasteiger partial charge in [-0.1, -0.05) is 135 Å². The Labute approximate surface area is 617 Å². The monoisotopic (exact) mass is 1480 g/mol. The number of rotatable bonds is 43. The first kappa shape index (κ1) is 86.2. The highest BCUT2D eigenvalue weighted by Crippen LogP contribution is 2.22. The number of aliphatic carboxylic acids is 1. The van der Waals surface area contributed by atoms with Gasteiger partial charge in [-0.05, 0) is 110 Å². The molecule has 11 amide bonds. The van der Waals surface area contributed by atoms with Gasteiger partial charge in [0.2, 0.25) is 65.0 Å². The van der Waals surface area contributed by atoms with E-state index in [2.05, 4.69) is 63.1 Å². The number of phenols is 1. The fourth-order valence-electron chi connectivity index (χ4n) is 12.0. The maximum absolute atomic E-state index is 14.7. The molecule has 5 rings (SSSR count). The van der Waals surface area contributed by atoms with Crippen LogP contribution in [0.3, 0.4) is 0 Å². The van der Waals surface area contributed by atoms with E-state index in [9.17, 15) is 78.0 Å². The molecule has 31 heteroatoms. The summed E-state index contributed by atoms with van der Waals surface area (Å²) in [6.45, 7) is 14.7. The number of aromatic amines is 1. The molecule has 4 aromatic rings. The largest absolute Gasteiger partial charge is 0.508 e. The summed E-state index contributed by atoms with van der Waals surface area (Å²) < 4.78 is 0. The van der Waals surface area contributed by atoms with Crippen molar-refractivity contribution in [1.82, 2.24) is 68.0 Å². The van der Waals surface area contributed by atoms with Gasteiger partial charge in [0.25, 0.3) is 0 Å². The molecule has 0 aliphatic carbocycles. The van der Waals surface area contributed by atoms with E-state index in [4.69, 9.17) is 5.73 Å². The van der Waals surface area contributed by atoms with Crippen molar-refractivity contribution in [2.24, 2.45) is 29.4 Å². The quantitative estimate of drug-likeness (QED) is 0.0293. The van der Waals surface area contributed by atoms with Gasteiger partial charge < -0.3 is 89.2 Å². The standard InChI is InChI=1S/C74H108N14O16S/c1-11-44(8)61(74(103)104)86-68(97)54(33-43(6)7)83-72(101)62(45(9)90)87-69(98)56(34-46-19-14-12-15-20-46)81-65(94)53(32-42(4)5)79-67(96)57(37-49-38-76-40-77-49)82-70(99)59(39-89)85-66(95)55(35-48-24-26-50(91)27-25-48)80-64(93)52(28-30-105-10)78-71(100)60-23-18-29-88(60)73(102)58(36-47-21-16-13-17-22-47)84-63(92)51(75)31-41(2)3/h12-17,19-22,24-27,38,40-45,51-62,89-91H,11,18,23,28-37,39,75H2,1-10H3,(H,76,77)(H,78,100)(H,79,96)(H,80,93)(H,81,94)(H,82,99)(H,83,101)(H,84,92)(H,85,95)(H,86,97)(H,87,98)(H,103,104)/t44-,45+,51-,52-,53-,54-,55-,56-,57-,58-,59-,60-,61-,62-/m0/s1. The molecule has 14 atom stereocenters. The van der Waals surface area contributed by atoms with Crippen molar-refractivity contribution in [3.05, 3.63) is 120 Å². The zero-order chi connectivity index (χ0) is 77.6. The lowest BCUT2D eigenvalue weighted by molar-refractivity contribution is -0.144. The molecule has 1 aromatic heterocycles. The molecular weight excluding hydrogens is 1370 g/mol. The van der Waals surface area contributed by atoms with Crippen LogP contribution >= 0.6 is 11.8 Å². The number of nitrogens with zero attached hydrogens (tertiary/aromatic N) is 2. The lowest BCUT2D eigenvalue weighted by Gasteiger charge is -2.31. The zero-order valence-electron chi connectivity index (χ0n) is 61.5. The molecule has 1 aliphatic rings. The summed E-state index contributed by atoms with van der Waals surface area (Å²) in [6.07, 6.45) is 3.73. The number of carbonyl (C=O) groups is 12. The number of phenolic OH excluding ortho intramolecular Hbond substituents is 1. The van der Waals surface area contributed by atoms with Crippen molar-refractivity contribution < 1.29 is 78.0 Å². The van der Waals surface area contributed by atoms with Crippen LogP contribution in [0.2, 0.25) is 0 Å². The lowest BCUT2D eigenvalue weighted by Crippen LogP contribution is -2.62. The summed E-state index contributed by atoms with van der Waals surface area (Å²) in [5.74, 6) is -11.2. The zero-order valence-corrected chi connectivity index (χ0v) is 62.3. The van der Waals surface area contributed by atoms with Crippen LogP contribution in [0, 0.1) is 23.7 Å². The molecule has 0 saturated carbocycles. The highest BCUT2D eigenvalue weighted by molar-refractivity contribution is 7.98. The Kier molecular flexibility index (Phi) is 35.4. The van der Waals surface area contributed by atoms with Crippen LogP contribution in [0.1, 0.15) is 130 Å². The molecule has 2 heterocycles. The predicted octanol–water partition coefficient (Wildman–Crippen LogP) is 0.947. The second-order valence-electron chi connectivity index (χ2n) is 28.1. The number of nitrogens with two attached hydrogens (primary N) is 1. The minimum atomic E-state index is -1.81. The third-order valence-corrected chi connectivity index (χ3v) is 18.6. The van der Waals surface area contributed by atoms with Gasteiger partial charge in [0.15, 0.2) is 0 Å². The number of aliphatic hydroxyl groups excluding tert-OH is 2. The smallest absolute Gasteiger partial charge is 0.326 e. The van der Waals surface area contributed by atoms with E-state index >= 15 is 0 Å². The summed E-state index contributed by atoms with van der Waals surface area (Å²) in [4.78, 5) is 178. The molecule has 1 aliphatic heterocycles. The maximum atomic E-state index is 14.7. The maximum Gasteiger partial charge on any atom is 0.326 e. The van der Waals surface area contributed by atoms with Crippen LogP contribution in [0.5, 0.6) is 5.75 Å². The molecule has 0 spiro atoms. The Balaban J connectivity index is 1.37. The van der Waals surface area contributed by atoms with E-state index in [1.54, 1.807) is 90.3 Å². The number of hydrogen-bond donors (Lipinski definition) is 16. The Morgan fingerprint density at radius 2 is 0.981 bits per heavy atom. The second kappa shape index (κ2) is 43.1. The summed E-state index contributed by atoms with van der Waals surface area (Å²) in [7, 11) is 0. The molecular formula is C74H108N14O16S.